The highest BCUT2D eigenvalue weighted by molar-refractivity contribution is 7.80. The van der Waals surface area contributed by atoms with Crippen molar-refractivity contribution in [2.24, 2.45) is 0 Å². The molecule has 6 nitrogen and oxygen atoms in total. The van der Waals surface area contributed by atoms with E-state index in [1.165, 1.54) is 0 Å². The molecule has 0 aliphatic rings. The number of thiocarbonyl (C=S) groups is 1. The van der Waals surface area contributed by atoms with Crippen molar-refractivity contribution >= 4 is 40.7 Å². The van der Waals surface area contributed by atoms with Gasteiger partial charge in [0.25, 0.3) is 5.91 Å². The number of carbonyl (C=O) groups excluding carboxylic acids is 2. The summed E-state index contributed by atoms with van der Waals surface area (Å²) in [6.07, 6.45) is 1.09. The quantitative estimate of drug-likeness (QED) is 0.556. The predicted molar refractivity (Wildman–Crippen MR) is 93.3 cm³/mol. The summed E-state index contributed by atoms with van der Waals surface area (Å²) in [4.78, 5) is 23.0. The van der Waals surface area contributed by atoms with Crippen LogP contribution in [0.15, 0.2) is 12.1 Å². The first kappa shape index (κ1) is 19.2. The average molecular weight is 358 g/mol. The molecule has 3 N–H and O–H groups in total. The van der Waals surface area contributed by atoms with Gasteiger partial charge in [0.15, 0.2) is 11.7 Å². The molecule has 8 heteroatoms. The van der Waals surface area contributed by atoms with Crippen LogP contribution < -0.4 is 20.9 Å². The molecule has 1 aromatic rings. The van der Waals surface area contributed by atoms with Gasteiger partial charge in [0.1, 0.15) is 5.75 Å². The fraction of sp³-hybridized carbons (Fsp3) is 0.400. The van der Waals surface area contributed by atoms with Crippen LogP contribution in [0.5, 0.6) is 5.75 Å². The van der Waals surface area contributed by atoms with Gasteiger partial charge in [-0.1, -0.05) is 18.5 Å². The average Bonchev–Trinajstić information content (AvgIpc) is 2.48. The van der Waals surface area contributed by atoms with Crippen molar-refractivity contribution in [3.8, 4) is 5.75 Å². The Hall–Kier alpha value is -1.86. The maximum Gasteiger partial charge on any atom is 0.276 e. The number of rotatable bonds is 5. The Labute approximate surface area is 145 Å². The van der Waals surface area contributed by atoms with Crippen LogP contribution in [0.1, 0.15) is 30.9 Å². The van der Waals surface area contributed by atoms with Gasteiger partial charge < -0.3 is 10.1 Å². The second-order valence-electron chi connectivity index (χ2n) is 4.96. The molecular weight excluding hydrogens is 338 g/mol. The molecule has 1 aromatic carbocycles. The van der Waals surface area contributed by atoms with Gasteiger partial charge in [-0.25, -0.2) is 0 Å². The number of hydrogen-bond acceptors (Lipinski definition) is 4. The van der Waals surface area contributed by atoms with Gasteiger partial charge in [0, 0.05) is 11.4 Å². The zero-order chi connectivity index (χ0) is 17.4. The summed E-state index contributed by atoms with van der Waals surface area (Å²) in [5.74, 6) is -0.0802. The van der Waals surface area contributed by atoms with E-state index in [1.54, 1.807) is 12.1 Å². The molecule has 0 fully saturated rings. The lowest BCUT2D eigenvalue weighted by Crippen LogP contribution is -2.49. The third-order valence-electron chi connectivity index (χ3n) is 2.83. The van der Waals surface area contributed by atoms with Gasteiger partial charge in [-0.05, 0) is 55.7 Å². The molecule has 0 spiro atoms. The van der Waals surface area contributed by atoms with Crippen molar-refractivity contribution in [2.45, 2.75) is 33.6 Å². The van der Waals surface area contributed by atoms with E-state index in [-0.39, 0.29) is 17.6 Å². The van der Waals surface area contributed by atoms with E-state index in [9.17, 15) is 9.59 Å². The van der Waals surface area contributed by atoms with Crippen LogP contribution in [0.25, 0.3) is 0 Å². The summed E-state index contributed by atoms with van der Waals surface area (Å²) in [5, 5.41) is 3.16. The zero-order valence-corrected chi connectivity index (χ0v) is 14.9. The molecule has 0 unspecified atom stereocenters. The minimum atomic E-state index is -0.428. The van der Waals surface area contributed by atoms with E-state index >= 15 is 0 Å². The Kier molecular flexibility index (Phi) is 7.77. The Morgan fingerprint density at radius 3 is 2.35 bits per heavy atom. The number of amides is 2. The summed E-state index contributed by atoms with van der Waals surface area (Å²) < 4.78 is 5.40. The third kappa shape index (κ3) is 6.83. The van der Waals surface area contributed by atoms with E-state index in [0.717, 1.165) is 11.1 Å². The maximum atomic E-state index is 11.7. The number of aryl methyl sites for hydroxylation is 2. The minimum Gasteiger partial charge on any atom is -0.484 e. The molecule has 0 aliphatic carbocycles. The van der Waals surface area contributed by atoms with Gasteiger partial charge >= 0.3 is 0 Å². The number of hydrazine groups is 1. The van der Waals surface area contributed by atoms with Gasteiger partial charge in [-0.15, -0.1) is 0 Å². The van der Waals surface area contributed by atoms with Crippen LogP contribution in [-0.2, 0) is 9.59 Å². The highest BCUT2D eigenvalue weighted by Crippen LogP contribution is 2.25. The van der Waals surface area contributed by atoms with Crippen LogP contribution >= 0.6 is 23.8 Å². The van der Waals surface area contributed by atoms with Crippen LogP contribution in [0.4, 0.5) is 0 Å². The topological polar surface area (TPSA) is 79.5 Å². The smallest absolute Gasteiger partial charge is 0.276 e. The molecule has 0 aliphatic heterocycles. The second kappa shape index (κ2) is 9.32. The molecule has 1 rings (SSSR count). The second-order valence-corrected chi connectivity index (χ2v) is 5.75. The molecule has 0 saturated carbocycles. The van der Waals surface area contributed by atoms with Crippen molar-refractivity contribution in [3.05, 3.63) is 28.3 Å². The molecule has 2 amide bonds. The van der Waals surface area contributed by atoms with E-state index in [4.69, 9.17) is 28.6 Å². The van der Waals surface area contributed by atoms with E-state index in [2.05, 4.69) is 16.2 Å². The minimum absolute atomic E-state index is 0.0370. The van der Waals surface area contributed by atoms with E-state index < -0.39 is 5.91 Å². The van der Waals surface area contributed by atoms with Crippen LogP contribution in [0.3, 0.4) is 0 Å². The van der Waals surface area contributed by atoms with Crippen molar-refractivity contribution in [1.82, 2.24) is 16.2 Å². The molecule has 0 bridgehead atoms. The molecule has 0 radical (unpaired) electrons. The molecule has 0 heterocycles. The Morgan fingerprint density at radius 2 is 1.78 bits per heavy atom. The monoisotopic (exact) mass is 357 g/mol. The third-order valence-corrected chi connectivity index (χ3v) is 3.63. The fourth-order valence-electron chi connectivity index (χ4n) is 1.75. The molecule has 0 aromatic heterocycles. The van der Waals surface area contributed by atoms with Crippen molar-refractivity contribution < 1.29 is 14.3 Å². The van der Waals surface area contributed by atoms with Crippen molar-refractivity contribution in [1.29, 1.82) is 0 Å². The number of ether oxygens (including phenoxy) is 1. The summed E-state index contributed by atoms with van der Waals surface area (Å²) in [5.41, 5.74) is 6.53. The lowest BCUT2D eigenvalue weighted by Gasteiger charge is -2.12. The van der Waals surface area contributed by atoms with Crippen LogP contribution in [0, 0.1) is 13.8 Å². The Bertz CT molecular complexity index is 585. The number of carbonyl (C=O) groups is 2. The Balaban J connectivity index is 2.37. The Morgan fingerprint density at radius 1 is 1.17 bits per heavy atom. The zero-order valence-electron chi connectivity index (χ0n) is 13.3. The number of hydrogen-bond donors (Lipinski definition) is 3. The molecule has 0 saturated heterocycles. The number of nitrogens with one attached hydrogen (secondary N) is 3. The normalized spacial score (nSPS) is 9.91. The molecular formula is C15H20ClN3O3S. The van der Waals surface area contributed by atoms with Crippen molar-refractivity contribution in [3.63, 3.8) is 0 Å². The summed E-state index contributed by atoms with van der Waals surface area (Å²) in [7, 11) is 0. The first-order valence-electron chi connectivity index (χ1n) is 7.11. The SMILES string of the molecule is CCCC(=O)NC(=S)NNC(=O)COc1cc(C)c(Cl)c(C)c1. The summed E-state index contributed by atoms with van der Waals surface area (Å²) >= 11 is 10.9. The summed E-state index contributed by atoms with van der Waals surface area (Å²) in [6.45, 7) is 5.41. The highest BCUT2D eigenvalue weighted by atomic mass is 35.5. The van der Waals surface area contributed by atoms with Gasteiger partial charge in [-0.3, -0.25) is 20.4 Å². The lowest BCUT2D eigenvalue weighted by atomic mass is 10.1. The van der Waals surface area contributed by atoms with Crippen LogP contribution in [-0.4, -0.2) is 23.5 Å². The molecule has 23 heavy (non-hydrogen) atoms. The number of halogens is 1. The largest absolute Gasteiger partial charge is 0.484 e. The van der Waals surface area contributed by atoms with Gasteiger partial charge in [0.2, 0.25) is 5.91 Å². The fourth-order valence-corrected chi connectivity index (χ4v) is 2.02. The molecule has 126 valence electrons. The predicted octanol–water partition coefficient (Wildman–Crippen LogP) is 2.16. The first-order chi connectivity index (χ1) is 10.8. The van der Waals surface area contributed by atoms with E-state index in [0.29, 0.717) is 23.6 Å². The van der Waals surface area contributed by atoms with Gasteiger partial charge in [0.05, 0.1) is 0 Å². The van der Waals surface area contributed by atoms with Crippen LogP contribution in [0.2, 0.25) is 5.02 Å². The summed E-state index contributed by atoms with van der Waals surface area (Å²) in [6, 6.07) is 3.51. The number of benzene rings is 1. The first-order valence-corrected chi connectivity index (χ1v) is 7.90. The highest BCUT2D eigenvalue weighted by Gasteiger charge is 2.08. The van der Waals surface area contributed by atoms with Gasteiger partial charge in [-0.2, -0.15) is 0 Å². The maximum absolute atomic E-state index is 11.7. The molecule has 0 atom stereocenters. The standard InChI is InChI=1S/C15H20ClN3O3S/c1-4-5-12(20)17-15(23)19-18-13(21)8-22-11-6-9(2)14(16)10(3)7-11/h6-7H,4-5,8H2,1-3H3,(H,18,21)(H2,17,19,20,23). The van der Waals surface area contributed by atoms with E-state index in [1.807, 2.05) is 20.8 Å². The van der Waals surface area contributed by atoms with Crippen molar-refractivity contribution in [2.75, 3.05) is 6.61 Å². The lowest BCUT2D eigenvalue weighted by molar-refractivity contribution is -0.124.